The zero-order valence-corrected chi connectivity index (χ0v) is 15.4. The molecule has 3 aromatic rings. The van der Waals surface area contributed by atoms with E-state index in [9.17, 15) is 9.59 Å². The first-order valence-corrected chi connectivity index (χ1v) is 8.49. The summed E-state index contributed by atoms with van der Waals surface area (Å²) in [5.74, 6) is -1.10. The number of hydrogen-bond donors (Lipinski definition) is 1. The molecule has 134 valence electrons. The fraction of sp³-hybridized carbons (Fsp3) is 0.200. The van der Waals surface area contributed by atoms with Crippen LogP contribution in [0.15, 0.2) is 46.9 Å². The number of rotatable bonds is 4. The Labute approximate surface area is 155 Å². The van der Waals surface area contributed by atoms with Gasteiger partial charge in [0.25, 0.3) is 5.91 Å². The molecule has 26 heavy (non-hydrogen) atoms. The van der Waals surface area contributed by atoms with Crippen molar-refractivity contribution in [1.29, 1.82) is 0 Å². The first-order chi connectivity index (χ1) is 12.3. The van der Waals surface area contributed by atoms with Crippen molar-refractivity contribution in [2.75, 3.05) is 5.32 Å². The van der Waals surface area contributed by atoms with Crippen LogP contribution in [0.3, 0.4) is 0 Å². The van der Waals surface area contributed by atoms with Crippen LogP contribution >= 0.6 is 11.6 Å². The smallest absolute Gasteiger partial charge is 0.375 e. The van der Waals surface area contributed by atoms with Gasteiger partial charge in [0.2, 0.25) is 5.76 Å². The molecule has 0 unspecified atom stereocenters. The fourth-order valence-corrected chi connectivity index (χ4v) is 2.67. The van der Waals surface area contributed by atoms with Gasteiger partial charge in [-0.05, 0) is 62.2 Å². The van der Waals surface area contributed by atoms with Crippen molar-refractivity contribution in [3.8, 4) is 0 Å². The largest absolute Gasteiger partial charge is 0.449 e. The normalized spacial score (nSPS) is 12.0. The average molecular weight is 372 g/mol. The Bertz CT molecular complexity index is 993. The van der Waals surface area contributed by atoms with Gasteiger partial charge in [-0.2, -0.15) is 0 Å². The summed E-state index contributed by atoms with van der Waals surface area (Å²) in [6.45, 7) is 5.34. The molecule has 1 amide bonds. The van der Waals surface area contributed by atoms with Crippen LogP contribution in [-0.2, 0) is 9.53 Å². The van der Waals surface area contributed by atoms with Crippen LogP contribution in [0.25, 0.3) is 11.0 Å². The van der Waals surface area contributed by atoms with Gasteiger partial charge in [0.1, 0.15) is 5.58 Å². The molecule has 0 bridgehead atoms. The van der Waals surface area contributed by atoms with E-state index in [2.05, 4.69) is 5.32 Å². The predicted molar refractivity (Wildman–Crippen MR) is 101 cm³/mol. The third kappa shape index (κ3) is 3.89. The molecule has 0 aliphatic carbocycles. The van der Waals surface area contributed by atoms with E-state index in [1.807, 2.05) is 32.0 Å². The van der Waals surface area contributed by atoms with Crippen molar-refractivity contribution in [1.82, 2.24) is 0 Å². The molecule has 0 saturated heterocycles. The first kappa shape index (κ1) is 18.0. The van der Waals surface area contributed by atoms with Gasteiger partial charge in [-0.3, -0.25) is 4.79 Å². The Hall–Kier alpha value is -2.79. The number of esters is 1. The van der Waals surface area contributed by atoms with E-state index in [0.29, 0.717) is 21.7 Å². The zero-order chi connectivity index (χ0) is 18.8. The van der Waals surface area contributed by atoms with Gasteiger partial charge in [-0.25, -0.2) is 4.79 Å². The lowest BCUT2D eigenvalue weighted by atomic mass is 10.1. The lowest BCUT2D eigenvalue weighted by Crippen LogP contribution is -2.30. The molecule has 0 spiro atoms. The number of fused-ring (bicyclic) bond motifs is 1. The molecule has 1 atom stereocenters. The number of nitrogens with one attached hydrogen (secondary N) is 1. The lowest BCUT2D eigenvalue weighted by molar-refractivity contribution is -0.123. The molecule has 1 heterocycles. The Morgan fingerprint density at radius 3 is 2.65 bits per heavy atom. The monoisotopic (exact) mass is 371 g/mol. The first-order valence-electron chi connectivity index (χ1n) is 8.11. The molecule has 0 saturated carbocycles. The number of carbonyl (C=O) groups is 2. The van der Waals surface area contributed by atoms with Crippen molar-refractivity contribution in [3.05, 3.63) is 64.4 Å². The van der Waals surface area contributed by atoms with Gasteiger partial charge in [0.15, 0.2) is 6.10 Å². The Balaban J connectivity index is 1.69. The molecule has 6 heteroatoms. The van der Waals surface area contributed by atoms with Gasteiger partial charge in [0, 0.05) is 16.1 Å². The zero-order valence-electron chi connectivity index (χ0n) is 14.6. The van der Waals surface area contributed by atoms with Crippen molar-refractivity contribution in [3.63, 3.8) is 0 Å². The average Bonchev–Trinajstić information content (AvgIpc) is 3.01. The molecule has 5 nitrogen and oxygen atoms in total. The molecule has 0 fully saturated rings. The predicted octanol–water partition coefficient (Wildman–Crippen LogP) is 4.89. The van der Waals surface area contributed by atoms with E-state index < -0.39 is 18.0 Å². The summed E-state index contributed by atoms with van der Waals surface area (Å²) in [6, 6.07) is 12.3. The van der Waals surface area contributed by atoms with E-state index in [1.54, 1.807) is 24.3 Å². The number of halogens is 1. The molecular weight excluding hydrogens is 354 g/mol. The van der Waals surface area contributed by atoms with Gasteiger partial charge >= 0.3 is 5.97 Å². The van der Waals surface area contributed by atoms with Crippen LogP contribution in [-0.4, -0.2) is 18.0 Å². The minimum atomic E-state index is -0.973. The van der Waals surface area contributed by atoms with Crippen LogP contribution < -0.4 is 5.32 Å². The van der Waals surface area contributed by atoms with Gasteiger partial charge in [-0.1, -0.05) is 23.7 Å². The molecular formula is C20H18ClNO4. The van der Waals surface area contributed by atoms with Crippen molar-refractivity contribution in [2.24, 2.45) is 0 Å². The van der Waals surface area contributed by atoms with E-state index in [1.165, 1.54) is 6.92 Å². The topological polar surface area (TPSA) is 68.5 Å². The Kier molecular flexibility index (Phi) is 5.00. The van der Waals surface area contributed by atoms with E-state index >= 15 is 0 Å². The van der Waals surface area contributed by atoms with Crippen molar-refractivity contribution in [2.45, 2.75) is 26.9 Å². The third-order valence-electron chi connectivity index (χ3n) is 3.98. The summed E-state index contributed by atoms with van der Waals surface area (Å²) >= 11 is 5.92. The summed E-state index contributed by atoms with van der Waals surface area (Å²) in [7, 11) is 0. The maximum atomic E-state index is 12.3. The summed E-state index contributed by atoms with van der Waals surface area (Å²) in [6.07, 6.45) is -0.973. The standard InChI is InChI=1S/C20H18ClNO4/c1-11-4-5-12(2)16(8-11)22-19(23)13(3)25-20(24)18-10-14-9-15(21)6-7-17(14)26-18/h4-10,13H,1-3H3,(H,22,23)/t13-/m1/s1. The van der Waals surface area contributed by atoms with Crippen LogP contribution in [0.4, 0.5) is 5.69 Å². The van der Waals surface area contributed by atoms with Gasteiger partial charge in [-0.15, -0.1) is 0 Å². The maximum absolute atomic E-state index is 12.3. The van der Waals surface area contributed by atoms with E-state index in [4.69, 9.17) is 20.8 Å². The number of carbonyl (C=O) groups excluding carboxylic acids is 2. The number of anilines is 1. The number of benzene rings is 2. The van der Waals surface area contributed by atoms with Crippen LogP contribution in [0.2, 0.25) is 5.02 Å². The highest BCUT2D eigenvalue weighted by molar-refractivity contribution is 6.31. The molecule has 0 aliphatic heterocycles. The highest BCUT2D eigenvalue weighted by Gasteiger charge is 2.22. The molecule has 0 aliphatic rings. The summed E-state index contributed by atoms with van der Waals surface area (Å²) in [5.41, 5.74) is 3.17. The third-order valence-corrected chi connectivity index (χ3v) is 4.22. The molecule has 0 radical (unpaired) electrons. The second-order valence-corrected chi connectivity index (χ2v) is 6.58. The van der Waals surface area contributed by atoms with Gasteiger partial charge in [0.05, 0.1) is 0 Å². The lowest BCUT2D eigenvalue weighted by Gasteiger charge is -2.14. The maximum Gasteiger partial charge on any atom is 0.375 e. The highest BCUT2D eigenvalue weighted by Crippen LogP contribution is 2.24. The second kappa shape index (κ2) is 7.22. The summed E-state index contributed by atoms with van der Waals surface area (Å²) < 4.78 is 10.7. The van der Waals surface area contributed by atoms with Crippen LogP contribution in [0.5, 0.6) is 0 Å². The number of aryl methyl sites for hydroxylation is 2. The molecule has 3 rings (SSSR count). The Morgan fingerprint density at radius 1 is 1.12 bits per heavy atom. The summed E-state index contributed by atoms with van der Waals surface area (Å²) in [5, 5.41) is 4.01. The van der Waals surface area contributed by atoms with Gasteiger partial charge < -0.3 is 14.5 Å². The minimum Gasteiger partial charge on any atom is -0.449 e. The second-order valence-electron chi connectivity index (χ2n) is 6.15. The van der Waals surface area contributed by atoms with Crippen molar-refractivity contribution < 1.29 is 18.7 Å². The van der Waals surface area contributed by atoms with Crippen LogP contribution in [0, 0.1) is 13.8 Å². The number of hydrogen-bond acceptors (Lipinski definition) is 4. The molecule has 1 N–H and O–H groups in total. The minimum absolute atomic E-state index is 0.0219. The number of ether oxygens (including phenoxy) is 1. The molecule has 1 aromatic heterocycles. The Morgan fingerprint density at radius 2 is 1.88 bits per heavy atom. The number of amides is 1. The fourth-order valence-electron chi connectivity index (χ4n) is 2.49. The number of furan rings is 1. The SMILES string of the molecule is Cc1ccc(C)c(NC(=O)[C@@H](C)OC(=O)c2cc3cc(Cl)ccc3o2)c1. The van der Waals surface area contributed by atoms with E-state index in [-0.39, 0.29) is 5.76 Å². The van der Waals surface area contributed by atoms with E-state index in [0.717, 1.165) is 11.1 Å². The van der Waals surface area contributed by atoms with Crippen LogP contribution in [0.1, 0.15) is 28.6 Å². The highest BCUT2D eigenvalue weighted by atomic mass is 35.5. The molecule has 2 aromatic carbocycles. The quantitative estimate of drug-likeness (QED) is 0.663. The van der Waals surface area contributed by atoms with Crippen molar-refractivity contribution >= 4 is 40.1 Å². The summed E-state index contributed by atoms with van der Waals surface area (Å²) in [4.78, 5) is 24.6.